The zero-order valence-corrected chi connectivity index (χ0v) is 15.5. The number of rotatable bonds is 4. The molecule has 0 aliphatic heterocycles. The summed E-state index contributed by atoms with van der Waals surface area (Å²) >= 11 is 13.4. The first-order chi connectivity index (χ1) is 12.1. The van der Waals surface area contributed by atoms with E-state index >= 15 is 0 Å². The van der Waals surface area contributed by atoms with E-state index in [9.17, 15) is 5.26 Å². The molecule has 3 nitrogen and oxygen atoms in total. The summed E-state index contributed by atoms with van der Waals surface area (Å²) in [5.41, 5.74) is 3.03. The number of nitrogens with zero attached hydrogens (tertiary/aromatic N) is 2. The van der Waals surface area contributed by atoms with Crippen molar-refractivity contribution >= 4 is 46.2 Å². The lowest BCUT2D eigenvalue weighted by molar-refractivity contribution is 0.415. The van der Waals surface area contributed by atoms with Gasteiger partial charge < -0.3 is 4.74 Å². The second-order valence-electron chi connectivity index (χ2n) is 5.11. The van der Waals surface area contributed by atoms with Crippen molar-refractivity contribution in [3.05, 3.63) is 68.5 Å². The molecule has 0 N–H and O–H groups in total. The Morgan fingerprint density at radius 2 is 1.92 bits per heavy atom. The Hall–Kier alpha value is -2.32. The number of nitriles is 1. The molecule has 124 valence electrons. The summed E-state index contributed by atoms with van der Waals surface area (Å²) in [5.74, 6) is 0.770. The summed E-state index contributed by atoms with van der Waals surface area (Å²) in [5, 5.41) is 13.0. The summed E-state index contributed by atoms with van der Waals surface area (Å²) in [6.07, 6.45) is 1.80. The van der Waals surface area contributed by atoms with E-state index in [1.807, 2.05) is 35.7 Å². The second-order valence-corrected chi connectivity index (χ2v) is 6.78. The molecule has 0 aliphatic carbocycles. The molecule has 0 saturated carbocycles. The Balaban J connectivity index is 1.91. The van der Waals surface area contributed by atoms with Gasteiger partial charge in [0, 0.05) is 10.9 Å². The summed E-state index contributed by atoms with van der Waals surface area (Å²) in [6.45, 7) is 0. The van der Waals surface area contributed by atoms with Gasteiger partial charge in [0.1, 0.15) is 16.8 Å². The van der Waals surface area contributed by atoms with Crippen molar-refractivity contribution in [3.63, 3.8) is 0 Å². The van der Waals surface area contributed by atoms with Crippen LogP contribution in [0, 0.1) is 11.3 Å². The molecule has 0 bridgehead atoms. The molecule has 0 atom stereocenters. The third-order valence-electron chi connectivity index (χ3n) is 3.50. The van der Waals surface area contributed by atoms with Crippen LogP contribution in [0.15, 0.2) is 47.8 Å². The van der Waals surface area contributed by atoms with E-state index in [1.54, 1.807) is 25.3 Å². The summed E-state index contributed by atoms with van der Waals surface area (Å²) in [6, 6.07) is 15.1. The van der Waals surface area contributed by atoms with Gasteiger partial charge in [0.05, 0.1) is 28.4 Å². The van der Waals surface area contributed by atoms with Crippen LogP contribution in [-0.4, -0.2) is 12.1 Å². The average Bonchev–Trinajstić information content (AvgIpc) is 3.12. The van der Waals surface area contributed by atoms with E-state index in [0.717, 1.165) is 22.6 Å². The van der Waals surface area contributed by atoms with Gasteiger partial charge in [-0.05, 0) is 35.9 Å². The average molecular weight is 387 g/mol. The van der Waals surface area contributed by atoms with Crippen molar-refractivity contribution in [1.29, 1.82) is 5.26 Å². The zero-order valence-electron chi connectivity index (χ0n) is 13.2. The number of methoxy groups -OCH3 is 1. The normalized spacial score (nSPS) is 11.2. The highest BCUT2D eigenvalue weighted by atomic mass is 35.5. The summed E-state index contributed by atoms with van der Waals surface area (Å²) in [7, 11) is 1.62. The van der Waals surface area contributed by atoms with Crippen LogP contribution in [0.3, 0.4) is 0 Å². The lowest BCUT2D eigenvalue weighted by atomic mass is 10.1. The first-order valence-corrected chi connectivity index (χ1v) is 8.91. The van der Waals surface area contributed by atoms with Gasteiger partial charge in [-0.3, -0.25) is 0 Å². The van der Waals surface area contributed by atoms with Crippen LogP contribution in [0.5, 0.6) is 5.75 Å². The molecule has 0 saturated heterocycles. The van der Waals surface area contributed by atoms with Gasteiger partial charge >= 0.3 is 0 Å². The van der Waals surface area contributed by atoms with Crippen LogP contribution < -0.4 is 4.74 Å². The molecule has 0 aliphatic rings. The van der Waals surface area contributed by atoms with Gasteiger partial charge in [0.15, 0.2) is 0 Å². The Labute approximate surface area is 159 Å². The quantitative estimate of drug-likeness (QED) is 0.502. The number of halogens is 2. The van der Waals surface area contributed by atoms with Crippen LogP contribution in [-0.2, 0) is 0 Å². The van der Waals surface area contributed by atoms with E-state index in [0.29, 0.717) is 20.6 Å². The molecule has 0 amide bonds. The Bertz CT molecular complexity index is 972. The number of hydrogen-bond donors (Lipinski definition) is 0. The number of hydrogen-bond acceptors (Lipinski definition) is 4. The Kier molecular flexibility index (Phi) is 5.40. The van der Waals surface area contributed by atoms with Crippen molar-refractivity contribution in [2.24, 2.45) is 0 Å². The molecule has 0 spiro atoms. The maximum atomic E-state index is 9.49. The SMILES string of the molecule is COc1ccc(C=C(C#N)c2nc(-c3ccc(Cl)c(Cl)c3)cs2)cc1. The van der Waals surface area contributed by atoms with Crippen LogP contribution in [0.25, 0.3) is 22.9 Å². The molecule has 3 aromatic rings. The standard InChI is InChI=1S/C19H12Cl2N2OS/c1-24-15-5-2-12(3-6-15)8-14(10-22)19-23-18(11-25-19)13-4-7-16(20)17(21)9-13/h2-9,11H,1H3. The molecule has 0 radical (unpaired) electrons. The Morgan fingerprint density at radius 3 is 2.56 bits per heavy atom. The minimum Gasteiger partial charge on any atom is -0.497 e. The van der Waals surface area contributed by atoms with Crippen LogP contribution >= 0.6 is 34.5 Å². The summed E-state index contributed by atoms with van der Waals surface area (Å²) in [4.78, 5) is 4.55. The van der Waals surface area contributed by atoms with Crippen molar-refractivity contribution in [1.82, 2.24) is 4.98 Å². The smallest absolute Gasteiger partial charge is 0.134 e. The highest BCUT2D eigenvalue weighted by Crippen LogP contribution is 2.31. The third-order valence-corrected chi connectivity index (χ3v) is 5.11. The van der Waals surface area contributed by atoms with Gasteiger partial charge in [0.25, 0.3) is 0 Å². The van der Waals surface area contributed by atoms with Gasteiger partial charge in [-0.1, -0.05) is 41.4 Å². The largest absolute Gasteiger partial charge is 0.497 e. The van der Waals surface area contributed by atoms with E-state index in [2.05, 4.69) is 11.1 Å². The molecule has 0 unspecified atom stereocenters. The molecule has 3 rings (SSSR count). The van der Waals surface area contributed by atoms with Crippen LogP contribution in [0.1, 0.15) is 10.6 Å². The highest BCUT2D eigenvalue weighted by Gasteiger charge is 2.10. The number of thiazole rings is 1. The number of aromatic nitrogens is 1. The van der Waals surface area contributed by atoms with Gasteiger partial charge in [-0.15, -0.1) is 11.3 Å². The van der Waals surface area contributed by atoms with Crippen molar-refractivity contribution < 1.29 is 4.74 Å². The topological polar surface area (TPSA) is 45.9 Å². The fourth-order valence-electron chi connectivity index (χ4n) is 2.19. The molecule has 1 aromatic heterocycles. The van der Waals surface area contributed by atoms with Crippen molar-refractivity contribution in [3.8, 4) is 23.1 Å². The van der Waals surface area contributed by atoms with Gasteiger partial charge in [0.2, 0.25) is 0 Å². The van der Waals surface area contributed by atoms with Crippen molar-refractivity contribution in [2.75, 3.05) is 7.11 Å². The van der Waals surface area contributed by atoms with Crippen LogP contribution in [0.4, 0.5) is 0 Å². The third kappa shape index (κ3) is 4.02. The number of allylic oxidation sites excluding steroid dienone is 1. The fourth-order valence-corrected chi connectivity index (χ4v) is 3.29. The van der Waals surface area contributed by atoms with E-state index in [4.69, 9.17) is 27.9 Å². The predicted octanol–water partition coefficient (Wildman–Crippen LogP) is 6.19. The molecule has 25 heavy (non-hydrogen) atoms. The first-order valence-electron chi connectivity index (χ1n) is 7.28. The van der Waals surface area contributed by atoms with Gasteiger partial charge in [-0.2, -0.15) is 5.26 Å². The molecule has 0 fully saturated rings. The number of benzene rings is 2. The molecule has 1 heterocycles. The van der Waals surface area contributed by atoms with Crippen LogP contribution in [0.2, 0.25) is 10.0 Å². The van der Waals surface area contributed by atoms with Gasteiger partial charge in [-0.25, -0.2) is 4.98 Å². The van der Waals surface area contributed by atoms with E-state index in [-0.39, 0.29) is 0 Å². The monoisotopic (exact) mass is 386 g/mol. The van der Waals surface area contributed by atoms with E-state index in [1.165, 1.54) is 11.3 Å². The predicted molar refractivity (Wildman–Crippen MR) is 104 cm³/mol. The maximum Gasteiger partial charge on any atom is 0.134 e. The molecule has 6 heteroatoms. The first kappa shape index (κ1) is 17.5. The zero-order chi connectivity index (χ0) is 17.8. The highest BCUT2D eigenvalue weighted by molar-refractivity contribution is 7.11. The van der Waals surface area contributed by atoms with E-state index < -0.39 is 0 Å². The molecular formula is C19H12Cl2N2OS. The lowest BCUT2D eigenvalue weighted by Crippen LogP contribution is -1.84. The Morgan fingerprint density at radius 1 is 1.16 bits per heavy atom. The molecular weight excluding hydrogens is 375 g/mol. The molecule has 2 aromatic carbocycles. The minimum absolute atomic E-state index is 0.475. The number of ether oxygens (including phenoxy) is 1. The maximum absolute atomic E-state index is 9.49. The fraction of sp³-hybridized carbons (Fsp3) is 0.0526. The summed E-state index contributed by atoms with van der Waals surface area (Å²) < 4.78 is 5.14. The second kappa shape index (κ2) is 7.71. The minimum atomic E-state index is 0.475. The van der Waals surface area contributed by atoms with Crippen molar-refractivity contribution in [2.45, 2.75) is 0 Å². The lowest BCUT2D eigenvalue weighted by Gasteiger charge is -2.00.